The highest BCUT2D eigenvalue weighted by atomic mass is 32.2. The summed E-state index contributed by atoms with van der Waals surface area (Å²) in [6.07, 6.45) is 0. The maximum atomic E-state index is 11.3. The van der Waals surface area contributed by atoms with E-state index >= 15 is 0 Å². The first-order valence-corrected chi connectivity index (χ1v) is 11.9. The number of hydrogen-bond donors (Lipinski definition) is 6. The number of carbonyl (C=O) groups is 2. The van der Waals surface area contributed by atoms with Gasteiger partial charge in [0.15, 0.2) is 22.2 Å². The molecule has 0 aliphatic heterocycles. The quantitative estimate of drug-likeness (QED) is 0.205. The lowest BCUT2D eigenvalue weighted by molar-refractivity contribution is -0.140. The zero-order chi connectivity index (χ0) is 25.4. The van der Waals surface area contributed by atoms with E-state index in [2.05, 4.69) is 0 Å². The van der Waals surface area contributed by atoms with Crippen molar-refractivity contribution in [1.82, 2.24) is 9.80 Å². The molecule has 2 aromatic carbocycles. The number of hydrogen-bond acceptors (Lipinski definition) is 8. The first-order chi connectivity index (χ1) is 16.0. The molecule has 0 radical (unpaired) electrons. The second-order valence-corrected chi connectivity index (χ2v) is 9.23. The van der Waals surface area contributed by atoms with Crippen molar-refractivity contribution in [2.24, 2.45) is 0 Å². The number of benzene rings is 2. The second kappa shape index (κ2) is 12.5. The third-order valence-electron chi connectivity index (χ3n) is 4.74. The van der Waals surface area contributed by atoms with Crippen LogP contribution in [0, 0.1) is 0 Å². The number of phenolic OH excluding ortho intramolecular Hbond substituents is 2. The minimum absolute atomic E-state index is 0.0206. The van der Waals surface area contributed by atoms with Gasteiger partial charge in [-0.25, -0.2) is 8.42 Å². The van der Waals surface area contributed by atoms with Crippen LogP contribution < -0.4 is 0 Å². The van der Waals surface area contributed by atoms with Crippen molar-refractivity contribution in [1.29, 1.82) is 0 Å². The van der Waals surface area contributed by atoms with Gasteiger partial charge in [-0.3, -0.25) is 19.4 Å². The van der Waals surface area contributed by atoms with Gasteiger partial charge in [0.25, 0.3) is 0 Å². The van der Waals surface area contributed by atoms with Crippen LogP contribution in [0.2, 0.25) is 0 Å². The molecule has 0 saturated heterocycles. The molecule has 0 aliphatic carbocycles. The van der Waals surface area contributed by atoms with E-state index in [1.54, 1.807) is 0 Å². The smallest absolute Gasteiger partial charge is 0.317 e. The fourth-order valence-corrected chi connectivity index (χ4v) is 4.02. The van der Waals surface area contributed by atoms with Gasteiger partial charge >= 0.3 is 11.9 Å². The summed E-state index contributed by atoms with van der Waals surface area (Å²) in [4.78, 5) is 25.5. The van der Waals surface area contributed by atoms with Crippen molar-refractivity contribution >= 4 is 34.1 Å². The van der Waals surface area contributed by atoms with Crippen molar-refractivity contribution in [3.8, 4) is 11.5 Å². The first kappa shape index (κ1) is 27.4. The lowest BCUT2D eigenvalue weighted by atomic mass is 10.1. The van der Waals surface area contributed by atoms with Crippen molar-refractivity contribution in [2.45, 2.75) is 22.9 Å². The summed E-state index contributed by atoms with van der Waals surface area (Å²) >= 11 is -4.61. The Kier molecular flexibility index (Phi) is 10.1. The highest BCUT2D eigenvalue weighted by Gasteiger charge is 2.19. The van der Waals surface area contributed by atoms with Gasteiger partial charge in [-0.1, -0.05) is 0 Å². The van der Waals surface area contributed by atoms with Gasteiger partial charge < -0.3 is 29.5 Å². The predicted octanol–water partition coefficient (Wildman–Crippen LogP) is 0.732. The zero-order valence-electron chi connectivity index (χ0n) is 17.7. The van der Waals surface area contributed by atoms with Gasteiger partial charge in [-0.05, 0) is 36.4 Å². The topological polar surface area (TPSA) is 196 Å². The number of carboxylic acids is 2. The van der Waals surface area contributed by atoms with Gasteiger partial charge in [0, 0.05) is 37.3 Å². The molecular formula is C20H24N2O10S2. The van der Waals surface area contributed by atoms with Crippen molar-refractivity contribution in [2.75, 3.05) is 26.2 Å². The molecule has 0 bridgehead atoms. The summed E-state index contributed by atoms with van der Waals surface area (Å²) in [6.45, 7) is -1.08. The van der Waals surface area contributed by atoms with Gasteiger partial charge in [-0.2, -0.15) is 0 Å². The number of rotatable bonds is 13. The molecule has 14 heteroatoms. The Labute approximate surface area is 199 Å². The Hall–Kier alpha value is -2.88. The highest BCUT2D eigenvalue weighted by molar-refractivity contribution is 7.79. The molecule has 0 amide bonds. The van der Waals surface area contributed by atoms with E-state index in [1.165, 1.54) is 46.2 Å². The Balaban J connectivity index is 2.21. The normalized spacial score (nSPS) is 13.2. The average molecular weight is 517 g/mol. The molecule has 34 heavy (non-hydrogen) atoms. The molecule has 0 fully saturated rings. The molecule has 0 heterocycles. The SMILES string of the molecule is O=C(O)CN(CCN(CC(=O)O)Cc1cc(S(=O)O)ccc1O)Cc1cc(S(=O)O)ccc1O. The maximum Gasteiger partial charge on any atom is 0.317 e. The Morgan fingerprint density at radius 3 is 1.35 bits per heavy atom. The van der Waals surface area contributed by atoms with E-state index in [4.69, 9.17) is 0 Å². The second-order valence-electron chi connectivity index (χ2n) is 7.29. The standard InChI is InChI=1S/C20H24N2O10S2/c23-17-3-1-15(33(29)30)7-13(17)9-21(11-19(25)26)5-6-22(12-20(27)28)10-14-8-16(34(31)32)2-4-18(14)24/h1-4,7-8,23-24H,5-6,9-12H2,(H,25,26)(H,27,28)(H,29,30)(H,31,32). The third-order valence-corrected chi connectivity index (χ3v) is 6.06. The number of nitrogens with zero attached hydrogens (tertiary/aromatic N) is 2. The van der Waals surface area contributed by atoms with Crippen LogP contribution in [0.15, 0.2) is 46.2 Å². The van der Waals surface area contributed by atoms with Crippen LogP contribution in [-0.4, -0.2) is 85.9 Å². The molecule has 0 aromatic heterocycles. The fraction of sp³-hybridized carbons (Fsp3) is 0.300. The molecule has 2 aromatic rings. The number of aromatic hydroxyl groups is 2. The van der Waals surface area contributed by atoms with E-state index in [1.807, 2.05) is 0 Å². The fourth-order valence-electron chi connectivity index (χ4n) is 3.17. The third kappa shape index (κ3) is 8.48. The summed E-state index contributed by atoms with van der Waals surface area (Å²) in [5.41, 5.74) is 0.420. The summed E-state index contributed by atoms with van der Waals surface area (Å²) in [7, 11) is 0. The Morgan fingerprint density at radius 1 is 0.706 bits per heavy atom. The van der Waals surface area contributed by atoms with E-state index in [-0.39, 0.29) is 58.6 Å². The summed E-state index contributed by atoms with van der Waals surface area (Å²) in [6, 6.07) is 7.49. The molecular weight excluding hydrogens is 492 g/mol. The summed E-state index contributed by atoms with van der Waals surface area (Å²) in [5.74, 6) is -2.76. The highest BCUT2D eigenvalue weighted by Crippen LogP contribution is 2.23. The minimum atomic E-state index is -2.30. The van der Waals surface area contributed by atoms with Crippen LogP contribution in [-0.2, 0) is 44.8 Å². The van der Waals surface area contributed by atoms with E-state index < -0.39 is 47.2 Å². The number of carboxylic acid groups (broad SMARTS) is 2. The largest absolute Gasteiger partial charge is 0.508 e. The van der Waals surface area contributed by atoms with Crippen molar-refractivity contribution < 1.29 is 47.5 Å². The number of phenols is 2. The summed E-state index contributed by atoms with van der Waals surface area (Å²) in [5, 5.41) is 38.7. The van der Waals surface area contributed by atoms with Crippen LogP contribution in [0.5, 0.6) is 11.5 Å². The van der Waals surface area contributed by atoms with E-state index in [0.717, 1.165) is 0 Å². The summed E-state index contributed by atoms with van der Waals surface area (Å²) < 4.78 is 41.2. The molecule has 6 N–H and O–H groups in total. The van der Waals surface area contributed by atoms with Crippen LogP contribution in [0.25, 0.3) is 0 Å². The van der Waals surface area contributed by atoms with Crippen LogP contribution in [0.1, 0.15) is 11.1 Å². The van der Waals surface area contributed by atoms with Gasteiger partial charge in [0.2, 0.25) is 0 Å². The van der Waals surface area contributed by atoms with Crippen LogP contribution >= 0.6 is 0 Å². The molecule has 12 nitrogen and oxygen atoms in total. The molecule has 2 atom stereocenters. The van der Waals surface area contributed by atoms with E-state index in [0.29, 0.717) is 0 Å². The van der Waals surface area contributed by atoms with Crippen molar-refractivity contribution in [3.05, 3.63) is 47.5 Å². The van der Waals surface area contributed by atoms with Crippen molar-refractivity contribution in [3.63, 3.8) is 0 Å². The molecule has 0 saturated carbocycles. The molecule has 0 aliphatic rings. The molecule has 0 spiro atoms. The van der Waals surface area contributed by atoms with Crippen LogP contribution in [0.4, 0.5) is 0 Å². The molecule has 2 unspecified atom stereocenters. The number of aliphatic carboxylic acids is 2. The van der Waals surface area contributed by atoms with E-state index in [9.17, 15) is 47.5 Å². The lowest BCUT2D eigenvalue weighted by Crippen LogP contribution is -2.39. The molecule has 186 valence electrons. The lowest BCUT2D eigenvalue weighted by Gasteiger charge is -2.26. The Bertz CT molecular complexity index is 1010. The van der Waals surface area contributed by atoms with Gasteiger partial charge in [-0.15, -0.1) is 0 Å². The first-order valence-electron chi connectivity index (χ1n) is 9.70. The zero-order valence-corrected chi connectivity index (χ0v) is 19.4. The molecule has 2 rings (SSSR count). The van der Waals surface area contributed by atoms with Crippen LogP contribution in [0.3, 0.4) is 0 Å². The average Bonchev–Trinajstić information content (AvgIpc) is 2.73. The van der Waals surface area contributed by atoms with Gasteiger partial charge in [0.1, 0.15) is 11.5 Å². The maximum absolute atomic E-state index is 11.3. The van der Waals surface area contributed by atoms with Gasteiger partial charge in [0.05, 0.1) is 22.9 Å². The monoisotopic (exact) mass is 516 g/mol. The Morgan fingerprint density at radius 2 is 1.06 bits per heavy atom. The minimum Gasteiger partial charge on any atom is -0.508 e. The predicted molar refractivity (Wildman–Crippen MR) is 120 cm³/mol.